The number of ether oxygens (including phenoxy) is 1. The normalized spacial score (nSPS) is 21.0. The van der Waals surface area contributed by atoms with Crippen molar-refractivity contribution >= 4 is 11.8 Å². The van der Waals surface area contributed by atoms with E-state index in [2.05, 4.69) is 24.1 Å². The van der Waals surface area contributed by atoms with Crippen LogP contribution in [-0.2, 0) is 14.3 Å². The number of nitrogens with one attached hydrogen (secondary N) is 1. The van der Waals surface area contributed by atoms with Crippen LogP contribution in [0.5, 0.6) is 0 Å². The van der Waals surface area contributed by atoms with Crippen LogP contribution in [0, 0.1) is 11.8 Å². The van der Waals surface area contributed by atoms with Gasteiger partial charge < -0.3 is 15.0 Å². The minimum Gasteiger partial charge on any atom is -0.379 e. The summed E-state index contributed by atoms with van der Waals surface area (Å²) in [5, 5.41) is 3.20. The molecular formula is C20H37N3O3. The van der Waals surface area contributed by atoms with Crippen LogP contribution in [0.3, 0.4) is 0 Å². The molecule has 2 aliphatic heterocycles. The van der Waals surface area contributed by atoms with Gasteiger partial charge in [-0.25, -0.2) is 0 Å². The van der Waals surface area contributed by atoms with Crippen molar-refractivity contribution < 1.29 is 14.3 Å². The molecule has 2 aliphatic rings. The van der Waals surface area contributed by atoms with E-state index in [1.54, 1.807) is 0 Å². The molecule has 1 atom stereocenters. The van der Waals surface area contributed by atoms with E-state index in [1.165, 1.54) is 0 Å². The minimum atomic E-state index is 0.0464. The van der Waals surface area contributed by atoms with Gasteiger partial charge in [0.15, 0.2) is 0 Å². The molecule has 1 N–H and O–H groups in total. The van der Waals surface area contributed by atoms with Gasteiger partial charge >= 0.3 is 0 Å². The van der Waals surface area contributed by atoms with Crippen LogP contribution in [0.1, 0.15) is 52.9 Å². The monoisotopic (exact) mass is 367 g/mol. The van der Waals surface area contributed by atoms with Crippen LogP contribution in [0.4, 0.5) is 0 Å². The molecule has 2 amide bonds. The van der Waals surface area contributed by atoms with Crippen molar-refractivity contribution in [3.8, 4) is 0 Å². The van der Waals surface area contributed by atoms with Gasteiger partial charge in [-0.3, -0.25) is 14.5 Å². The first-order valence-electron chi connectivity index (χ1n) is 10.4. The molecule has 2 rings (SSSR count). The van der Waals surface area contributed by atoms with Crippen LogP contribution in [0.15, 0.2) is 0 Å². The quantitative estimate of drug-likeness (QED) is 0.712. The van der Waals surface area contributed by atoms with Gasteiger partial charge in [-0.2, -0.15) is 0 Å². The number of carbonyl (C=O) groups excluding carboxylic acids is 2. The van der Waals surface area contributed by atoms with Crippen molar-refractivity contribution in [2.75, 3.05) is 45.9 Å². The third-order valence-corrected chi connectivity index (χ3v) is 5.50. The summed E-state index contributed by atoms with van der Waals surface area (Å²) in [6.45, 7) is 12.1. The Hall–Kier alpha value is -1.14. The molecule has 0 spiro atoms. The fraction of sp³-hybridized carbons (Fsp3) is 0.900. The highest BCUT2D eigenvalue weighted by Gasteiger charge is 2.28. The van der Waals surface area contributed by atoms with E-state index in [9.17, 15) is 9.59 Å². The van der Waals surface area contributed by atoms with E-state index >= 15 is 0 Å². The maximum atomic E-state index is 12.6. The molecule has 0 bridgehead atoms. The number of rotatable bonds is 8. The molecule has 0 aliphatic carbocycles. The largest absolute Gasteiger partial charge is 0.379 e. The molecule has 1 unspecified atom stereocenters. The van der Waals surface area contributed by atoms with Crippen molar-refractivity contribution in [1.82, 2.24) is 15.1 Å². The molecule has 0 saturated carbocycles. The van der Waals surface area contributed by atoms with Gasteiger partial charge in [-0.05, 0) is 31.6 Å². The first-order chi connectivity index (χ1) is 12.5. The van der Waals surface area contributed by atoms with Crippen LogP contribution >= 0.6 is 0 Å². The number of piperidine rings is 1. The number of nitrogens with zero attached hydrogens (tertiary/aromatic N) is 2. The molecule has 2 fully saturated rings. The van der Waals surface area contributed by atoms with Gasteiger partial charge in [-0.1, -0.05) is 20.8 Å². The maximum absolute atomic E-state index is 12.6. The lowest BCUT2D eigenvalue weighted by molar-refractivity contribution is -0.135. The number of amides is 2. The van der Waals surface area contributed by atoms with Gasteiger partial charge in [0.25, 0.3) is 0 Å². The molecule has 6 heteroatoms. The van der Waals surface area contributed by atoms with E-state index in [4.69, 9.17) is 4.74 Å². The average molecular weight is 368 g/mol. The number of hydrogen-bond donors (Lipinski definition) is 1. The summed E-state index contributed by atoms with van der Waals surface area (Å²) in [4.78, 5) is 29.0. The molecule has 0 aromatic carbocycles. The number of carbonyl (C=O) groups is 2. The summed E-state index contributed by atoms with van der Waals surface area (Å²) in [6, 6.07) is 0.383. The second kappa shape index (κ2) is 10.9. The lowest BCUT2D eigenvalue weighted by Gasteiger charge is -2.36. The lowest BCUT2D eigenvalue weighted by atomic mass is 9.95. The Balaban J connectivity index is 1.77. The van der Waals surface area contributed by atoms with Crippen LogP contribution in [0.2, 0.25) is 0 Å². The fourth-order valence-electron chi connectivity index (χ4n) is 3.97. The Morgan fingerprint density at radius 2 is 1.77 bits per heavy atom. The Labute approximate surface area is 158 Å². The van der Waals surface area contributed by atoms with Crippen molar-refractivity contribution in [3.63, 3.8) is 0 Å². The average Bonchev–Trinajstić information content (AvgIpc) is 2.65. The summed E-state index contributed by atoms with van der Waals surface area (Å²) in [6.07, 6.45) is 4.16. The van der Waals surface area contributed by atoms with Crippen molar-refractivity contribution in [2.24, 2.45) is 11.8 Å². The minimum absolute atomic E-state index is 0.0464. The van der Waals surface area contributed by atoms with E-state index < -0.39 is 0 Å². The molecule has 6 nitrogen and oxygen atoms in total. The van der Waals surface area contributed by atoms with E-state index in [0.29, 0.717) is 24.9 Å². The summed E-state index contributed by atoms with van der Waals surface area (Å²) >= 11 is 0. The molecular weight excluding hydrogens is 330 g/mol. The number of likely N-dealkylation sites (tertiary alicyclic amines) is 1. The molecule has 0 radical (unpaired) electrons. The predicted octanol–water partition coefficient (Wildman–Crippen LogP) is 1.89. The predicted molar refractivity (Wildman–Crippen MR) is 103 cm³/mol. The first kappa shape index (κ1) is 21.2. The zero-order valence-electron chi connectivity index (χ0n) is 16.8. The van der Waals surface area contributed by atoms with Crippen molar-refractivity contribution in [2.45, 2.75) is 58.9 Å². The SMILES string of the molecule is CCCC(=O)N1CCC(C(=O)NCC(CC(C)C)N2CCOCC2)CC1. The van der Waals surface area contributed by atoms with Crippen LogP contribution in [-0.4, -0.2) is 73.6 Å². The molecule has 26 heavy (non-hydrogen) atoms. The van der Waals surface area contributed by atoms with Gasteiger partial charge in [-0.15, -0.1) is 0 Å². The van der Waals surface area contributed by atoms with E-state index in [0.717, 1.165) is 65.1 Å². The Bertz CT molecular complexity index is 442. The highest BCUT2D eigenvalue weighted by Crippen LogP contribution is 2.19. The zero-order chi connectivity index (χ0) is 18.9. The molecule has 2 heterocycles. The molecule has 0 aromatic rings. The third kappa shape index (κ3) is 6.54. The summed E-state index contributed by atoms with van der Waals surface area (Å²) < 4.78 is 5.46. The number of morpholine rings is 1. The Kier molecular flexibility index (Phi) is 8.85. The lowest BCUT2D eigenvalue weighted by Crippen LogP contribution is -2.50. The van der Waals surface area contributed by atoms with Gasteiger partial charge in [0.05, 0.1) is 13.2 Å². The Morgan fingerprint density at radius 1 is 1.12 bits per heavy atom. The first-order valence-corrected chi connectivity index (χ1v) is 10.4. The summed E-state index contributed by atoms with van der Waals surface area (Å²) in [7, 11) is 0. The molecule has 150 valence electrons. The number of hydrogen-bond acceptors (Lipinski definition) is 4. The second-order valence-corrected chi connectivity index (χ2v) is 8.08. The molecule has 0 aromatic heterocycles. The van der Waals surface area contributed by atoms with Crippen LogP contribution in [0.25, 0.3) is 0 Å². The van der Waals surface area contributed by atoms with Gasteiger partial charge in [0.2, 0.25) is 11.8 Å². The highest BCUT2D eigenvalue weighted by molar-refractivity contribution is 5.80. The fourth-order valence-corrected chi connectivity index (χ4v) is 3.97. The summed E-state index contributed by atoms with van der Waals surface area (Å²) in [5.41, 5.74) is 0. The van der Waals surface area contributed by atoms with E-state index in [1.807, 2.05) is 11.8 Å². The zero-order valence-corrected chi connectivity index (χ0v) is 16.8. The van der Waals surface area contributed by atoms with Gasteiger partial charge in [0, 0.05) is 51.1 Å². The van der Waals surface area contributed by atoms with Crippen LogP contribution < -0.4 is 5.32 Å². The Morgan fingerprint density at radius 3 is 2.35 bits per heavy atom. The topological polar surface area (TPSA) is 61.9 Å². The smallest absolute Gasteiger partial charge is 0.223 e. The third-order valence-electron chi connectivity index (χ3n) is 5.50. The maximum Gasteiger partial charge on any atom is 0.223 e. The summed E-state index contributed by atoms with van der Waals surface area (Å²) in [5.74, 6) is 1.04. The molecule has 2 saturated heterocycles. The van der Waals surface area contributed by atoms with Crippen molar-refractivity contribution in [1.29, 1.82) is 0 Å². The second-order valence-electron chi connectivity index (χ2n) is 8.08. The standard InChI is InChI=1S/C20H37N3O3/c1-4-5-19(24)23-8-6-17(7-9-23)20(25)21-15-18(14-16(2)3)22-10-12-26-13-11-22/h16-18H,4-15H2,1-3H3,(H,21,25). The van der Waals surface area contributed by atoms with Gasteiger partial charge in [0.1, 0.15) is 0 Å². The van der Waals surface area contributed by atoms with E-state index in [-0.39, 0.29) is 17.7 Å². The van der Waals surface area contributed by atoms with Crippen molar-refractivity contribution in [3.05, 3.63) is 0 Å². The highest BCUT2D eigenvalue weighted by atomic mass is 16.5.